The van der Waals surface area contributed by atoms with E-state index in [4.69, 9.17) is 0 Å². The number of anilines is 1. The van der Waals surface area contributed by atoms with Crippen LogP contribution in [-0.2, 0) is 14.4 Å². The van der Waals surface area contributed by atoms with E-state index < -0.39 is 0 Å². The molecule has 1 saturated carbocycles. The number of hydrogen-bond acceptors (Lipinski definition) is 3. The van der Waals surface area contributed by atoms with Gasteiger partial charge in [-0.3, -0.25) is 19.3 Å². The summed E-state index contributed by atoms with van der Waals surface area (Å²) < 4.78 is 0. The van der Waals surface area contributed by atoms with Crippen molar-refractivity contribution in [3.05, 3.63) is 28.8 Å². The average molecular weight is 342 g/mol. The maximum atomic E-state index is 12.4. The lowest BCUT2D eigenvalue weighted by Crippen LogP contribution is -2.34. The molecule has 1 heterocycles. The first-order valence-corrected chi connectivity index (χ1v) is 9.11. The van der Waals surface area contributed by atoms with Gasteiger partial charge in [0.05, 0.1) is 11.8 Å². The minimum atomic E-state index is -0.162. The van der Waals surface area contributed by atoms with Crippen molar-refractivity contribution in [1.82, 2.24) is 4.90 Å². The van der Waals surface area contributed by atoms with Crippen molar-refractivity contribution in [3.8, 4) is 0 Å². The number of carbonyl (C=O) groups excluding carboxylic acids is 3. The van der Waals surface area contributed by atoms with Gasteiger partial charge in [-0.1, -0.05) is 30.5 Å². The van der Waals surface area contributed by atoms with Crippen LogP contribution in [0.4, 0.5) is 5.69 Å². The van der Waals surface area contributed by atoms with Gasteiger partial charge in [0.2, 0.25) is 17.7 Å². The minimum Gasteiger partial charge on any atom is -0.326 e. The van der Waals surface area contributed by atoms with Crippen LogP contribution in [0.5, 0.6) is 0 Å². The van der Waals surface area contributed by atoms with E-state index >= 15 is 0 Å². The average Bonchev–Trinajstić information content (AvgIpc) is 2.81. The number of rotatable bonds is 4. The summed E-state index contributed by atoms with van der Waals surface area (Å²) in [7, 11) is 0. The summed E-state index contributed by atoms with van der Waals surface area (Å²) >= 11 is 0. The molecule has 2 aliphatic rings. The lowest BCUT2D eigenvalue weighted by Gasteiger charge is -2.19. The van der Waals surface area contributed by atoms with Gasteiger partial charge in [-0.25, -0.2) is 0 Å². The van der Waals surface area contributed by atoms with Crippen LogP contribution in [0.25, 0.3) is 0 Å². The Labute approximate surface area is 148 Å². The molecule has 2 unspecified atom stereocenters. The van der Waals surface area contributed by atoms with Gasteiger partial charge in [-0.2, -0.15) is 0 Å². The van der Waals surface area contributed by atoms with Gasteiger partial charge >= 0.3 is 0 Å². The highest BCUT2D eigenvalue weighted by Crippen LogP contribution is 2.38. The molecule has 0 radical (unpaired) electrons. The maximum Gasteiger partial charge on any atom is 0.233 e. The summed E-state index contributed by atoms with van der Waals surface area (Å²) in [6.45, 7) is 6.14. The molecule has 1 N–H and O–H groups in total. The van der Waals surface area contributed by atoms with E-state index in [-0.39, 0.29) is 42.5 Å². The second kappa shape index (κ2) is 6.98. The molecular weight excluding hydrogens is 316 g/mol. The highest BCUT2D eigenvalue weighted by Gasteiger charge is 2.47. The monoisotopic (exact) mass is 342 g/mol. The van der Waals surface area contributed by atoms with Gasteiger partial charge in [0, 0.05) is 18.7 Å². The molecule has 2 fully saturated rings. The van der Waals surface area contributed by atoms with Crippen molar-refractivity contribution in [1.29, 1.82) is 0 Å². The molecule has 3 rings (SSSR count). The number of aryl methyl sites for hydroxylation is 3. The van der Waals surface area contributed by atoms with Crippen molar-refractivity contribution in [2.45, 2.75) is 52.9 Å². The predicted molar refractivity (Wildman–Crippen MR) is 96.1 cm³/mol. The number of carbonyl (C=O) groups is 3. The summed E-state index contributed by atoms with van der Waals surface area (Å²) in [5.41, 5.74) is 4.02. The van der Waals surface area contributed by atoms with Crippen molar-refractivity contribution < 1.29 is 14.4 Å². The van der Waals surface area contributed by atoms with Crippen LogP contribution in [0.2, 0.25) is 0 Å². The third-order valence-corrected chi connectivity index (χ3v) is 5.44. The smallest absolute Gasteiger partial charge is 0.233 e. The zero-order chi connectivity index (χ0) is 18.1. The Morgan fingerprint density at radius 2 is 1.56 bits per heavy atom. The largest absolute Gasteiger partial charge is 0.326 e. The van der Waals surface area contributed by atoms with E-state index in [0.717, 1.165) is 48.1 Å². The van der Waals surface area contributed by atoms with Crippen LogP contribution < -0.4 is 5.32 Å². The van der Waals surface area contributed by atoms with Crippen LogP contribution in [0.3, 0.4) is 0 Å². The third kappa shape index (κ3) is 3.46. The molecule has 134 valence electrons. The number of likely N-dealkylation sites (tertiary alicyclic amines) is 1. The fourth-order valence-corrected chi connectivity index (χ4v) is 4.24. The first kappa shape index (κ1) is 17.6. The standard InChI is InChI=1S/C20H26N2O3/c1-12-10-13(2)18(14(3)11-12)21-17(23)8-9-22-19(24)15-6-4-5-7-16(15)20(22)25/h10-11,15-16H,4-9H2,1-3H3,(H,21,23). The molecule has 0 aromatic heterocycles. The molecule has 1 aromatic carbocycles. The number of imide groups is 1. The third-order valence-electron chi connectivity index (χ3n) is 5.44. The predicted octanol–water partition coefficient (Wildman–Crippen LogP) is 3.12. The van der Waals surface area contributed by atoms with E-state index in [2.05, 4.69) is 5.32 Å². The number of fused-ring (bicyclic) bond motifs is 1. The van der Waals surface area contributed by atoms with E-state index in [1.807, 2.05) is 32.9 Å². The molecule has 2 atom stereocenters. The van der Waals surface area contributed by atoms with Crippen LogP contribution >= 0.6 is 0 Å². The highest BCUT2D eigenvalue weighted by atomic mass is 16.2. The first-order chi connectivity index (χ1) is 11.9. The summed E-state index contributed by atoms with van der Waals surface area (Å²) in [4.78, 5) is 38.5. The molecule has 5 heteroatoms. The Balaban J connectivity index is 1.61. The van der Waals surface area contributed by atoms with E-state index in [1.165, 1.54) is 4.90 Å². The fourth-order valence-electron chi connectivity index (χ4n) is 4.24. The molecule has 1 aliphatic carbocycles. The zero-order valence-electron chi connectivity index (χ0n) is 15.2. The molecule has 3 amide bonds. The summed E-state index contributed by atoms with van der Waals surface area (Å²) in [6.07, 6.45) is 3.78. The lowest BCUT2D eigenvalue weighted by molar-refractivity contribution is -0.140. The van der Waals surface area contributed by atoms with E-state index in [1.54, 1.807) is 0 Å². The molecule has 25 heavy (non-hydrogen) atoms. The second-order valence-corrected chi connectivity index (χ2v) is 7.40. The molecule has 5 nitrogen and oxygen atoms in total. The number of nitrogens with zero attached hydrogens (tertiary/aromatic N) is 1. The zero-order valence-corrected chi connectivity index (χ0v) is 15.2. The Morgan fingerprint density at radius 1 is 1.04 bits per heavy atom. The fraction of sp³-hybridized carbons (Fsp3) is 0.550. The number of amides is 3. The molecule has 0 bridgehead atoms. The minimum absolute atomic E-state index is 0.0785. The van der Waals surface area contributed by atoms with Gasteiger partial charge in [0.25, 0.3) is 0 Å². The van der Waals surface area contributed by atoms with Crippen molar-refractivity contribution >= 4 is 23.4 Å². The molecule has 0 spiro atoms. The van der Waals surface area contributed by atoms with Crippen LogP contribution in [0, 0.1) is 32.6 Å². The van der Waals surface area contributed by atoms with Crippen molar-refractivity contribution in [2.75, 3.05) is 11.9 Å². The SMILES string of the molecule is Cc1cc(C)c(NC(=O)CCN2C(=O)C3CCCCC3C2=O)c(C)c1. The first-order valence-electron chi connectivity index (χ1n) is 9.11. The maximum absolute atomic E-state index is 12.4. The number of benzene rings is 1. The van der Waals surface area contributed by atoms with Gasteiger partial charge in [0.1, 0.15) is 0 Å². The van der Waals surface area contributed by atoms with Crippen LogP contribution in [-0.4, -0.2) is 29.2 Å². The molecule has 1 saturated heterocycles. The molecule has 1 aliphatic heterocycles. The van der Waals surface area contributed by atoms with E-state index in [9.17, 15) is 14.4 Å². The van der Waals surface area contributed by atoms with E-state index in [0.29, 0.717) is 0 Å². The Morgan fingerprint density at radius 3 is 2.08 bits per heavy atom. The number of nitrogens with one attached hydrogen (secondary N) is 1. The quantitative estimate of drug-likeness (QED) is 0.855. The van der Waals surface area contributed by atoms with Gasteiger partial charge in [-0.15, -0.1) is 0 Å². The summed E-state index contributed by atoms with van der Waals surface area (Å²) in [5, 5.41) is 2.93. The van der Waals surface area contributed by atoms with Crippen molar-refractivity contribution in [2.24, 2.45) is 11.8 Å². The summed E-state index contributed by atoms with van der Waals surface area (Å²) in [5.74, 6) is -0.613. The molecular formula is C20H26N2O3. The Hall–Kier alpha value is -2.17. The summed E-state index contributed by atoms with van der Waals surface area (Å²) in [6, 6.07) is 4.06. The van der Waals surface area contributed by atoms with Crippen LogP contribution in [0.15, 0.2) is 12.1 Å². The number of hydrogen-bond donors (Lipinski definition) is 1. The van der Waals surface area contributed by atoms with Gasteiger partial charge in [-0.05, 0) is 44.7 Å². The Bertz CT molecular complexity index is 679. The lowest BCUT2D eigenvalue weighted by atomic mass is 9.81. The Kier molecular flexibility index (Phi) is 4.93. The highest BCUT2D eigenvalue weighted by molar-refractivity contribution is 6.05. The van der Waals surface area contributed by atoms with Crippen LogP contribution in [0.1, 0.15) is 48.8 Å². The van der Waals surface area contributed by atoms with Gasteiger partial charge in [0.15, 0.2) is 0 Å². The normalized spacial score (nSPS) is 22.9. The second-order valence-electron chi connectivity index (χ2n) is 7.40. The van der Waals surface area contributed by atoms with Crippen molar-refractivity contribution in [3.63, 3.8) is 0 Å². The topological polar surface area (TPSA) is 66.5 Å². The molecule has 1 aromatic rings. The van der Waals surface area contributed by atoms with Gasteiger partial charge < -0.3 is 5.32 Å².